The molecule has 23 heavy (non-hydrogen) atoms. The normalized spacial score (nSPS) is 11.5. The van der Waals surface area contributed by atoms with E-state index in [-0.39, 0.29) is 30.7 Å². The Morgan fingerprint density at radius 2 is 2.09 bits per heavy atom. The maximum Gasteiger partial charge on any atom is 0.451 e. The third kappa shape index (κ3) is 4.21. The standard InChI is InChI=1S/C14H14F3N3O3/c1-23-8-4-5-9-10(7-8)19-13(14(15,16)17)20-12(9)18-6-2-3-11(21)22/h4-5,7H,2-3,6H2,1H3,(H,21,22)(H,18,19,20). The summed E-state index contributed by atoms with van der Waals surface area (Å²) in [5.74, 6) is -1.85. The van der Waals surface area contributed by atoms with Crippen molar-refractivity contribution in [3.8, 4) is 5.75 Å². The molecule has 1 aromatic heterocycles. The van der Waals surface area contributed by atoms with E-state index in [1.54, 1.807) is 12.1 Å². The van der Waals surface area contributed by atoms with E-state index in [4.69, 9.17) is 9.84 Å². The van der Waals surface area contributed by atoms with Crippen LogP contribution in [0.3, 0.4) is 0 Å². The zero-order chi connectivity index (χ0) is 17.0. The van der Waals surface area contributed by atoms with Gasteiger partial charge in [-0.2, -0.15) is 13.2 Å². The van der Waals surface area contributed by atoms with Gasteiger partial charge in [-0.25, -0.2) is 9.97 Å². The minimum atomic E-state index is -4.69. The molecule has 1 heterocycles. The van der Waals surface area contributed by atoms with Crippen molar-refractivity contribution in [1.82, 2.24) is 9.97 Å². The van der Waals surface area contributed by atoms with Crippen molar-refractivity contribution in [2.24, 2.45) is 0 Å². The van der Waals surface area contributed by atoms with Gasteiger partial charge in [0, 0.05) is 24.4 Å². The summed E-state index contributed by atoms with van der Waals surface area (Å²) in [7, 11) is 1.40. The molecule has 2 N–H and O–H groups in total. The highest BCUT2D eigenvalue weighted by molar-refractivity contribution is 5.90. The number of alkyl halides is 3. The van der Waals surface area contributed by atoms with Gasteiger partial charge in [-0.3, -0.25) is 4.79 Å². The average Bonchev–Trinajstić information content (AvgIpc) is 2.49. The van der Waals surface area contributed by atoms with E-state index in [1.807, 2.05) is 0 Å². The smallest absolute Gasteiger partial charge is 0.451 e. The SMILES string of the molecule is COc1ccc2c(NCCCC(=O)O)nc(C(F)(F)F)nc2c1. The summed E-state index contributed by atoms with van der Waals surface area (Å²) in [6, 6.07) is 4.52. The number of methoxy groups -OCH3 is 1. The Morgan fingerprint density at radius 3 is 2.70 bits per heavy atom. The van der Waals surface area contributed by atoms with Crippen LogP contribution < -0.4 is 10.1 Å². The fourth-order valence-corrected chi connectivity index (χ4v) is 1.94. The molecule has 0 saturated carbocycles. The van der Waals surface area contributed by atoms with Crippen LogP contribution in [-0.2, 0) is 11.0 Å². The summed E-state index contributed by atoms with van der Waals surface area (Å²) in [4.78, 5) is 17.5. The molecule has 0 spiro atoms. The molecular weight excluding hydrogens is 315 g/mol. The summed E-state index contributed by atoms with van der Waals surface area (Å²) in [5, 5.41) is 11.7. The molecule has 0 radical (unpaired) electrons. The van der Waals surface area contributed by atoms with Crippen molar-refractivity contribution >= 4 is 22.7 Å². The number of ether oxygens (including phenoxy) is 1. The summed E-state index contributed by atoms with van der Waals surface area (Å²) in [6.45, 7) is 0.182. The fraction of sp³-hybridized carbons (Fsp3) is 0.357. The van der Waals surface area contributed by atoms with Gasteiger partial charge in [-0.05, 0) is 18.6 Å². The molecule has 0 fully saturated rings. The maximum atomic E-state index is 12.9. The summed E-state index contributed by atoms with van der Waals surface area (Å²) in [6.07, 6.45) is -4.51. The minimum absolute atomic E-state index is 0.00960. The van der Waals surface area contributed by atoms with Gasteiger partial charge in [0.2, 0.25) is 5.82 Å². The molecule has 9 heteroatoms. The molecular formula is C14H14F3N3O3. The highest BCUT2D eigenvalue weighted by atomic mass is 19.4. The van der Waals surface area contributed by atoms with Gasteiger partial charge >= 0.3 is 12.1 Å². The van der Waals surface area contributed by atoms with Crippen molar-refractivity contribution in [3.63, 3.8) is 0 Å². The minimum Gasteiger partial charge on any atom is -0.497 e. The summed E-state index contributed by atoms with van der Waals surface area (Å²) < 4.78 is 43.7. The lowest BCUT2D eigenvalue weighted by molar-refractivity contribution is -0.144. The van der Waals surface area contributed by atoms with Crippen LogP contribution in [0.15, 0.2) is 18.2 Å². The molecule has 2 rings (SSSR count). The second-order valence-electron chi connectivity index (χ2n) is 4.70. The highest BCUT2D eigenvalue weighted by Crippen LogP contribution is 2.31. The second kappa shape index (κ2) is 6.67. The predicted molar refractivity (Wildman–Crippen MR) is 76.5 cm³/mol. The van der Waals surface area contributed by atoms with Crippen LogP contribution in [-0.4, -0.2) is 34.7 Å². The topological polar surface area (TPSA) is 84.3 Å². The number of hydrogen-bond donors (Lipinski definition) is 2. The Balaban J connectivity index is 2.37. The first-order valence-electron chi connectivity index (χ1n) is 6.70. The van der Waals surface area contributed by atoms with Crippen LogP contribution in [0.5, 0.6) is 5.75 Å². The lowest BCUT2D eigenvalue weighted by Crippen LogP contribution is -2.14. The average molecular weight is 329 g/mol. The Kier molecular flexibility index (Phi) is 4.87. The molecule has 0 aliphatic carbocycles. The van der Waals surface area contributed by atoms with Crippen LogP contribution >= 0.6 is 0 Å². The molecule has 0 amide bonds. The van der Waals surface area contributed by atoms with Crippen LogP contribution in [0.4, 0.5) is 19.0 Å². The molecule has 124 valence electrons. The van der Waals surface area contributed by atoms with Gasteiger partial charge in [0.05, 0.1) is 12.6 Å². The quantitative estimate of drug-likeness (QED) is 0.793. The predicted octanol–water partition coefficient (Wildman–Crippen LogP) is 2.93. The number of carbonyl (C=O) groups is 1. The number of carboxylic acid groups (broad SMARTS) is 1. The Hall–Kier alpha value is -2.58. The number of aliphatic carboxylic acids is 1. The number of nitrogens with zero attached hydrogens (tertiary/aromatic N) is 2. The van der Waals surface area contributed by atoms with E-state index in [2.05, 4.69) is 15.3 Å². The van der Waals surface area contributed by atoms with Gasteiger partial charge in [0.25, 0.3) is 0 Å². The number of aromatic nitrogens is 2. The molecule has 1 aromatic carbocycles. The van der Waals surface area contributed by atoms with Crippen LogP contribution in [0.1, 0.15) is 18.7 Å². The third-order valence-corrected chi connectivity index (χ3v) is 3.02. The number of hydrogen-bond acceptors (Lipinski definition) is 5. The second-order valence-corrected chi connectivity index (χ2v) is 4.70. The van der Waals surface area contributed by atoms with Gasteiger partial charge in [-0.1, -0.05) is 0 Å². The van der Waals surface area contributed by atoms with Crippen molar-refractivity contribution in [3.05, 3.63) is 24.0 Å². The number of rotatable bonds is 6. The monoisotopic (exact) mass is 329 g/mol. The number of halogens is 3. The van der Waals surface area contributed by atoms with Crippen molar-refractivity contribution in [2.75, 3.05) is 19.0 Å². The van der Waals surface area contributed by atoms with E-state index in [0.717, 1.165) is 0 Å². The van der Waals surface area contributed by atoms with Crippen molar-refractivity contribution in [2.45, 2.75) is 19.0 Å². The number of benzene rings is 1. The van der Waals surface area contributed by atoms with Gasteiger partial charge in [-0.15, -0.1) is 0 Å². The summed E-state index contributed by atoms with van der Waals surface area (Å²) in [5.41, 5.74) is 0.0902. The number of fused-ring (bicyclic) bond motifs is 1. The van der Waals surface area contributed by atoms with E-state index in [1.165, 1.54) is 13.2 Å². The lowest BCUT2D eigenvalue weighted by Gasteiger charge is -2.12. The lowest BCUT2D eigenvalue weighted by atomic mass is 10.2. The van der Waals surface area contributed by atoms with Crippen LogP contribution in [0, 0.1) is 0 Å². The largest absolute Gasteiger partial charge is 0.497 e. The first kappa shape index (κ1) is 16.8. The Labute approximate surface area is 129 Å². The molecule has 6 nitrogen and oxygen atoms in total. The van der Waals surface area contributed by atoms with E-state index < -0.39 is 18.0 Å². The highest BCUT2D eigenvalue weighted by Gasteiger charge is 2.35. The van der Waals surface area contributed by atoms with Gasteiger partial charge in [0.1, 0.15) is 11.6 Å². The molecule has 2 aromatic rings. The Morgan fingerprint density at radius 1 is 1.35 bits per heavy atom. The zero-order valence-corrected chi connectivity index (χ0v) is 12.1. The van der Waals surface area contributed by atoms with Crippen LogP contribution in [0.25, 0.3) is 10.9 Å². The molecule has 0 unspecified atom stereocenters. The maximum absolute atomic E-state index is 12.9. The molecule has 0 aliphatic heterocycles. The van der Waals surface area contributed by atoms with Gasteiger partial charge in [0.15, 0.2) is 0 Å². The molecule has 0 bridgehead atoms. The zero-order valence-electron chi connectivity index (χ0n) is 12.1. The fourth-order valence-electron chi connectivity index (χ4n) is 1.94. The first-order valence-corrected chi connectivity index (χ1v) is 6.70. The first-order chi connectivity index (χ1) is 10.8. The summed E-state index contributed by atoms with van der Waals surface area (Å²) >= 11 is 0. The number of nitrogens with one attached hydrogen (secondary N) is 1. The van der Waals surface area contributed by atoms with Crippen molar-refractivity contribution < 1.29 is 27.8 Å². The molecule has 0 atom stereocenters. The van der Waals surface area contributed by atoms with Crippen molar-refractivity contribution in [1.29, 1.82) is 0 Å². The van der Waals surface area contributed by atoms with E-state index in [0.29, 0.717) is 11.1 Å². The van der Waals surface area contributed by atoms with E-state index >= 15 is 0 Å². The number of anilines is 1. The third-order valence-electron chi connectivity index (χ3n) is 3.02. The Bertz CT molecular complexity index is 719. The molecule has 0 aliphatic rings. The molecule has 0 saturated heterocycles. The van der Waals surface area contributed by atoms with E-state index in [9.17, 15) is 18.0 Å². The number of carboxylic acids is 1. The van der Waals surface area contributed by atoms with Crippen LogP contribution in [0.2, 0.25) is 0 Å². The van der Waals surface area contributed by atoms with Gasteiger partial charge < -0.3 is 15.2 Å².